The van der Waals surface area contributed by atoms with Gasteiger partial charge in [-0.25, -0.2) is 0 Å². The third-order valence-corrected chi connectivity index (χ3v) is 0.462. The van der Waals surface area contributed by atoms with E-state index in [1.165, 1.54) is 6.08 Å². The van der Waals surface area contributed by atoms with E-state index >= 15 is 0 Å². The minimum absolute atomic E-state index is 0.409. The van der Waals surface area contributed by atoms with Gasteiger partial charge in [0.05, 0.1) is 0 Å². The maximum absolute atomic E-state index is 9.46. The predicted molar refractivity (Wildman–Crippen MR) is 25.4 cm³/mol. The van der Waals surface area contributed by atoms with Gasteiger partial charge in [-0.1, -0.05) is 6.58 Å². The minimum Gasteiger partial charge on any atom is -0.370 e. The molecular formula is C4H7NO2. The third kappa shape index (κ3) is 2.99. The van der Waals surface area contributed by atoms with E-state index < -0.39 is 6.23 Å². The lowest BCUT2D eigenvalue weighted by atomic mass is 10.6. The molecule has 0 saturated carbocycles. The number of carbonyl (C=O) groups is 1. The zero-order valence-electron chi connectivity index (χ0n) is 3.79. The van der Waals surface area contributed by atoms with Gasteiger partial charge in [0.2, 0.25) is 6.41 Å². The summed E-state index contributed by atoms with van der Waals surface area (Å²) in [5.74, 6) is 0. The number of amides is 1. The van der Waals surface area contributed by atoms with Crippen LogP contribution in [0.4, 0.5) is 0 Å². The molecule has 40 valence electrons. The van der Waals surface area contributed by atoms with Crippen LogP contribution in [-0.4, -0.2) is 17.7 Å². The molecule has 0 aliphatic rings. The van der Waals surface area contributed by atoms with Crippen molar-refractivity contribution in [2.24, 2.45) is 0 Å². The summed E-state index contributed by atoms with van der Waals surface area (Å²) in [4.78, 5) is 9.46. The van der Waals surface area contributed by atoms with Gasteiger partial charge in [0.15, 0.2) is 0 Å². The highest BCUT2D eigenvalue weighted by Crippen LogP contribution is 1.69. The van der Waals surface area contributed by atoms with Gasteiger partial charge in [0.1, 0.15) is 6.23 Å². The van der Waals surface area contributed by atoms with Gasteiger partial charge in [-0.15, -0.1) is 0 Å². The van der Waals surface area contributed by atoms with E-state index in [2.05, 4.69) is 11.9 Å². The van der Waals surface area contributed by atoms with Gasteiger partial charge in [-0.05, 0) is 6.08 Å². The van der Waals surface area contributed by atoms with Crippen molar-refractivity contribution < 1.29 is 9.90 Å². The minimum atomic E-state index is -0.905. The van der Waals surface area contributed by atoms with E-state index in [1.54, 1.807) is 0 Å². The Morgan fingerprint density at radius 3 is 2.57 bits per heavy atom. The van der Waals surface area contributed by atoms with Gasteiger partial charge in [-0.2, -0.15) is 0 Å². The molecule has 1 amide bonds. The molecule has 7 heavy (non-hydrogen) atoms. The van der Waals surface area contributed by atoms with Crippen LogP contribution in [-0.2, 0) is 4.79 Å². The van der Waals surface area contributed by atoms with Crippen molar-refractivity contribution in [1.82, 2.24) is 5.32 Å². The Bertz CT molecular complexity index is 72.1. The molecule has 0 aromatic rings. The Morgan fingerprint density at radius 2 is 2.43 bits per heavy atom. The van der Waals surface area contributed by atoms with Crippen LogP contribution in [0.3, 0.4) is 0 Å². The van der Waals surface area contributed by atoms with Crippen molar-refractivity contribution >= 4 is 6.41 Å². The molecular weight excluding hydrogens is 94.0 g/mol. The van der Waals surface area contributed by atoms with Crippen LogP contribution in [0.1, 0.15) is 0 Å². The van der Waals surface area contributed by atoms with Crippen molar-refractivity contribution in [2.45, 2.75) is 6.23 Å². The largest absolute Gasteiger partial charge is 0.370 e. The number of nitrogens with one attached hydrogen (secondary N) is 1. The molecule has 1 atom stereocenters. The Hall–Kier alpha value is -0.830. The maximum Gasteiger partial charge on any atom is 0.209 e. The van der Waals surface area contributed by atoms with E-state index in [1.807, 2.05) is 0 Å². The highest BCUT2D eigenvalue weighted by atomic mass is 16.3. The van der Waals surface area contributed by atoms with Crippen molar-refractivity contribution in [3.8, 4) is 0 Å². The van der Waals surface area contributed by atoms with Gasteiger partial charge in [0.25, 0.3) is 0 Å². The smallest absolute Gasteiger partial charge is 0.209 e. The molecule has 0 fully saturated rings. The first-order valence-electron chi connectivity index (χ1n) is 1.81. The van der Waals surface area contributed by atoms with Crippen LogP contribution in [0, 0.1) is 0 Å². The van der Waals surface area contributed by atoms with Gasteiger partial charge in [-0.3, -0.25) is 4.79 Å². The SMILES string of the molecule is C=C[C@H](O)NC=O. The van der Waals surface area contributed by atoms with E-state index in [-0.39, 0.29) is 0 Å². The molecule has 0 saturated heterocycles. The summed E-state index contributed by atoms with van der Waals surface area (Å²) in [5, 5.41) is 10.4. The number of hydrogen-bond acceptors (Lipinski definition) is 2. The summed E-state index contributed by atoms with van der Waals surface area (Å²) < 4.78 is 0. The lowest BCUT2D eigenvalue weighted by molar-refractivity contribution is -0.111. The molecule has 2 N–H and O–H groups in total. The van der Waals surface area contributed by atoms with Crippen LogP contribution in [0.5, 0.6) is 0 Å². The average molecular weight is 101 g/mol. The van der Waals surface area contributed by atoms with Crippen LogP contribution in [0.15, 0.2) is 12.7 Å². The second kappa shape index (κ2) is 3.36. The first-order valence-corrected chi connectivity index (χ1v) is 1.81. The van der Waals surface area contributed by atoms with Crippen molar-refractivity contribution in [3.05, 3.63) is 12.7 Å². The number of rotatable bonds is 3. The molecule has 0 aliphatic carbocycles. The van der Waals surface area contributed by atoms with E-state index in [4.69, 9.17) is 5.11 Å². The number of carbonyl (C=O) groups excluding carboxylic acids is 1. The highest BCUT2D eigenvalue weighted by molar-refractivity contribution is 5.46. The second-order valence-electron chi connectivity index (χ2n) is 0.965. The molecule has 0 spiro atoms. The van der Waals surface area contributed by atoms with Gasteiger partial charge >= 0.3 is 0 Å². The van der Waals surface area contributed by atoms with E-state index in [9.17, 15) is 4.79 Å². The van der Waals surface area contributed by atoms with Crippen LogP contribution >= 0.6 is 0 Å². The van der Waals surface area contributed by atoms with Crippen molar-refractivity contribution in [2.75, 3.05) is 0 Å². The van der Waals surface area contributed by atoms with Gasteiger partial charge in [0, 0.05) is 0 Å². The zero-order valence-corrected chi connectivity index (χ0v) is 3.79. The average Bonchev–Trinajstić information content (AvgIpc) is 1.68. The second-order valence-corrected chi connectivity index (χ2v) is 0.965. The third-order valence-electron chi connectivity index (χ3n) is 0.462. The molecule has 3 heteroatoms. The Morgan fingerprint density at radius 1 is 1.86 bits per heavy atom. The van der Waals surface area contributed by atoms with Crippen molar-refractivity contribution in [1.29, 1.82) is 0 Å². The quantitative estimate of drug-likeness (QED) is 0.279. The predicted octanol–water partition coefficient (Wildman–Crippen LogP) is -0.763. The fourth-order valence-corrected chi connectivity index (χ4v) is 0.138. The van der Waals surface area contributed by atoms with E-state index in [0.717, 1.165) is 0 Å². The highest BCUT2D eigenvalue weighted by Gasteiger charge is 1.87. The molecule has 0 rings (SSSR count). The molecule has 0 heterocycles. The van der Waals surface area contributed by atoms with Crippen LogP contribution < -0.4 is 5.32 Å². The lowest BCUT2D eigenvalue weighted by Crippen LogP contribution is -2.24. The monoisotopic (exact) mass is 101 g/mol. The van der Waals surface area contributed by atoms with Crippen LogP contribution in [0.2, 0.25) is 0 Å². The lowest BCUT2D eigenvalue weighted by Gasteiger charge is -1.97. The van der Waals surface area contributed by atoms with Crippen molar-refractivity contribution in [3.63, 3.8) is 0 Å². The molecule has 0 aromatic heterocycles. The number of hydrogen-bond donors (Lipinski definition) is 2. The molecule has 0 aromatic carbocycles. The van der Waals surface area contributed by atoms with E-state index in [0.29, 0.717) is 6.41 Å². The Kier molecular flexibility index (Phi) is 2.96. The summed E-state index contributed by atoms with van der Waals surface area (Å²) >= 11 is 0. The normalized spacial score (nSPS) is 12.1. The fourth-order valence-electron chi connectivity index (χ4n) is 0.138. The molecule has 3 nitrogen and oxygen atoms in total. The number of aliphatic hydroxyl groups excluding tert-OH is 1. The summed E-state index contributed by atoms with van der Waals surface area (Å²) in [5.41, 5.74) is 0. The molecule has 0 radical (unpaired) electrons. The summed E-state index contributed by atoms with van der Waals surface area (Å²) in [6.07, 6.45) is 0.721. The first-order chi connectivity index (χ1) is 3.31. The van der Waals surface area contributed by atoms with Gasteiger partial charge < -0.3 is 10.4 Å². The molecule has 0 unspecified atom stereocenters. The standard InChI is InChI=1S/C4H7NO2/c1-2-4(7)5-3-6/h2-4,7H,1H2,(H,5,6)/t4-/m0/s1. The molecule has 0 bridgehead atoms. The Labute approximate surface area is 41.7 Å². The fraction of sp³-hybridized carbons (Fsp3) is 0.250. The van der Waals surface area contributed by atoms with Crippen LogP contribution in [0.25, 0.3) is 0 Å². The maximum atomic E-state index is 9.46. The zero-order chi connectivity index (χ0) is 5.70. The summed E-state index contributed by atoms with van der Waals surface area (Å²) in [6.45, 7) is 3.21. The Balaban J connectivity index is 3.15. The first kappa shape index (κ1) is 6.17. The summed E-state index contributed by atoms with van der Waals surface area (Å²) in [7, 11) is 0. The molecule has 0 aliphatic heterocycles. The summed E-state index contributed by atoms with van der Waals surface area (Å²) in [6, 6.07) is 0. The number of aliphatic hydroxyl groups is 1. The topological polar surface area (TPSA) is 49.3 Å².